The molecule has 0 atom stereocenters. The maximum Gasteiger partial charge on any atom is 0.150 e. The summed E-state index contributed by atoms with van der Waals surface area (Å²) < 4.78 is 5.50. The molecular formula is C13H17NO2. The largest absolute Gasteiger partial charge is 0.494 e. The molecule has 0 amide bonds. The van der Waals surface area contributed by atoms with Crippen LogP contribution in [0.3, 0.4) is 0 Å². The Balaban J connectivity index is 2.16. The molecule has 0 aliphatic rings. The van der Waals surface area contributed by atoms with Crippen LogP contribution < -0.4 is 10.1 Å². The number of nitrogens with one attached hydrogen (secondary N) is 1. The molecule has 0 aliphatic carbocycles. The molecule has 0 fully saturated rings. The number of ether oxygens (including phenoxy) is 1. The quantitative estimate of drug-likeness (QED) is 0.413. The van der Waals surface area contributed by atoms with E-state index < -0.39 is 0 Å². The van der Waals surface area contributed by atoms with E-state index in [2.05, 4.69) is 11.9 Å². The molecule has 0 saturated carbocycles. The Labute approximate surface area is 96.1 Å². The van der Waals surface area contributed by atoms with Gasteiger partial charge < -0.3 is 10.1 Å². The molecule has 0 saturated heterocycles. The van der Waals surface area contributed by atoms with Crippen molar-refractivity contribution in [3.63, 3.8) is 0 Å². The van der Waals surface area contributed by atoms with Gasteiger partial charge in [-0.25, -0.2) is 0 Å². The summed E-state index contributed by atoms with van der Waals surface area (Å²) in [6.45, 7) is 6.03. The van der Waals surface area contributed by atoms with Crippen LogP contribution in [0.4, 0.5) is 0 Å². The van der Waals surface area contributed by atoms with Crippen LogP contribution in [0.2, 0.25) is 0 Å². The van der Waals surface area contributed by atoms with Crippen molar-refractivity contribution in [2.45, 2.75) is 6.42 Å². The Bertz CT molecular complexity index is 319. The number of rotatable bonds is 8. The Morgan fingerprint density at radius 2 is 2.06 bits per heavy atom. The van der Waals surface area contributed by atoms with Crippen LogP contribution in [-0.2, 0) is 0 Å². The van der Waals surface area contributed by atoms with Gasteiger partial charge in [-0.3, -0.25) is 4.79 Å². The van der Waals surface area contributed by atoms with Gasteiger partial charge in [-0.15, -0.1) is 6.58 Å². The van der Waals surface area contributed by atoms with Crippen molar-refractivity contribution in [1.82, 2.24) is 5.32 Å². The number of hydrogen-bond donors (Lipinski definition) is 1. The molecule has 86 valence electrons. The third kappa shape index (κ3) is 4.75. The minimum absolute atomic E-state index is 0.667. The number of benzene rings is 1. The lowest BCUT2D eigenvalue weighted by molar-refractivity contribution is 0.112. The van der Waals surface area contributed by atoms with Crippen LogP contribution in [-0.4, -0.2) is 26.0 Å². The van der Waals surface area contributed by atoms with Gasteiger partial charge in [-0.05, 0) is 37.2 Å². The minimum atomic E-state index is 0.667. The third-order valence-corrected chi connectivity index (χ3v) is 2.07. The minimum Gasteiger partial charge on any atom is -0.494 e. The van der Waals surface area contributed by atoms with Gasteiger partial charge in [0.05, 0.1) is 6.61 Å². The summed E-state index contributed by atoms with van der Waals surface area (Å²) in [5, 5.41) is 3.20. The van der Waals surface area contributed by atoms with E-state index in [1.54, 1.807) is 24.3 Å². The van der Waals surface area contributed by atoms with E-state index in [0.717, 1.165) is 31.5 Å². The maximum atomic E-state index is 10.4. The first-order valence-electron chi connectivity index (χ1n) is 5.36. The fourth-order valence-electron chi connectivity index (χ4n) is 1.23. The molecule has 0 unspecified atom stereocenters. The van der Waals surface area contributed by atoms with Crippen molar-refractivity contribution < 1.29 is 9.53 Å². The molecular weight excluding hydrogens is 202 g/mol. The lowest BCUT2D eigenvalue weighted by Gasteiger charge is -2.06. The van der Waals surface area contributed by atoms with Crippen molar-refractivity contribution in [1.29, 1.82) is 0 Å². The summed E-state index contributed by atoms with van der Waals surface area (Å²) in [4.78, 5) is 10.4. The fourth-order valence-corrected chi connectivity index (χ4v) is 1.23. The van der Waals surface area contributed by atoms with Crippen LogP contribution >= 0.6 is 0 Å². The Kier molecular flexibility index (Phi) is 5.96. The van der Waals surface area contributed by atoms with Gasteiger partial charge in [0.1, 0.15) is 12.0 Å². The van der Waals surface area contributed by atoms with Crippen molar-refractivity contribution in [2.75, 3.05) is 19.7 Å². The van der Waals surface area contributed by atoms with Crippen LogP contribution in [0.25, 0.3) is 0 Å². The van der Waals surface area contributed by atoms with Gasteiger partial charge in [0.15, 0.2) is 0 Å². The zero-order chi connectivity index (χ0) is 11.6. The summed E-state index contributed by atoms with van der Waals surface area (Å²) in [6, 6.07) is 7.11. The third-order valence-electron chi connectivity index (χ3n) is 2.07. The molecule has 1 aromatic carbocycles. The molecule has 3 heteroatoms. The molecule has 16 heavy (non-hydrogen) atoms. The van der Waals surface area contributed by atoms with E-state index >= 15 is 0 Å². The van der Waals surface area contributed by atoms with Crippen LogP contribution in [0.5, 0.6) is 5.75 Å². The second kappa shape index (κ2) is 7.65. The predicted octanol–water partition coefficient (Wildman–Crippen LogP) is 2.04. The average Bonchev–Trinajstić information content (AvgIpc) is 2.34. The molecule has 1 aromatic rings. The SMILES string of the molecule is C=CCNCCCOc1ccc(C=O)cc1. The van der Waals surface area contributed by atoms with E-state index in [1.165, 1.54) is 0 Å². The summed E-state index contributed by atoms with van der Waals surface area (Å²) >= 11 is 0. The highest BCUT2D eigenvalue weighted by Gasteiger charge is 1.94. The van der Waals surface area contributed by atoms with E-state index in [4.69, 9.17) is 4.74 Å². The van der Waals surface area contributed by atoms with Gasteiger partial charge in [0, 0.05) is 12.1 Å². The van der Waals surface area contributed by atoms with Crippen molar-refractivity contribution in [2.24, 2.45) is 0 Å². The monoisotopic (exact) mass is 219 g/mol. The van der Waals surface area contributed by atoms with Gasteiger partial charge in [0.25, 0.3) is 0 Å². The van der Waals surface area contributed by atoms with E-state index in [1.807, 2.05) is 6.08 Å². The predicted molar refractivity (Wildman–Crippen MR) is 65.0 cm³/mol. The molecule has 0 aliphatic heterocycles. The van der Waals surface area contributed by atoms with E-state index in [-0.39, 0.29) is 0 Å². The summed E-state index contributed by atoms with van der Waals surface area (Å²) in [5.41, 5.74) is 0.667. The topological polar surface area (TPSA) is 38.3 Å². The molecule has 0 spiro atoms. The Morgan fingerprint density at radius 3 is 2.69 bits per heavy atom. The van der Waals surface area contributed by atoms with Gasteiger partial charge in [0.2, 0.25) is 0 Å². The Morgan fingerprint density at radius 1 is 1.31 bits per heavy atom. The van der Waals surface area contributed by atoms with Crippen molar-refractivity contribution in [3.05, 3.63) is 42.5 Å². The first-order valence-corrected chi connectivity index (χ1v) is 5.36. The lowest BCUT2D eigenvalue weighted by Crippen LogP contribution is -2.17. The smallest absolute Gasteiger partial charge is 0.150 e. The highest BCUT2D eigenvalue weighted by atomic mass is 16.5. The van der Waals surface area contributed by atoms with Crippen LogP contribution in [0.1, 0.15) is 16.8 Å². The van der Waals surface area contributed by atoms with Gasteiger partial charge in [-0.2, -0.15) is 0 Å². The number of hydrogen-bond acceptors (Lipinski definition) is 3. The first kappa shape index (κ1) is 12.5. The molecule has 0 heterocycles. The Hall–Kier alpha value is -1.61. The highest BCUT2D eigenvalue weighted by molar-refractivity contribution is 5.74. The maximum absolute atomic E-state index is 10.4. The van der Waals surface area contributed by atoms with Crippen molar-refractivity contribution >= 4 is 6.29 Å². The standard InChI is InChI=1S/C13H17NO2/c1-2-8-14-9-3-10-16-13-6-4-12(11-15)5-7-13/h2,4-7,11,14H,1,3,8-10H2. The summed E-state index contributed by atoms with van der Waals surface area (Å²) in [7, 11) is 0. The van der Waals surface area contributed by atoms with Crippen molar-refractivity contribution in [3.8, 4) is 5.75 Å². The normalized spacial score (nSPS) is 9.75. The van der Waals surface area contributed by atoms with Crippen LogP contribution in [0.15, 0.2) is 36.9 Å². The highest BCUT2D eigenvalue weighted by Crippen LogP contribution is 2.10. The summed E-state index contributed by atoms with van der Waals surface area (Å²) in [6.07, 6.45) is 3.60. The van der Waals surface area contributed by atoms with Gasteiger partial charge in [-0.1, -0.05) is 6.08 Å². The first-order chi connectivity index (χ1) is 7.86. The number of aldehydes is 1. The average molecular weight is 219 g/mol. The summed E-state index contributed by atoms with van der Waals surface area (Å²) in [5.74, 6) is 0.800. The molecule has 0 aromatic heterocycles. The van der Waals surface area contributed by atoms with E-state index in [9.17, 15) is 4.79 Å². The number of carbonyl (C=O) groups excluding carboxylic acids is 1. The van der Waals surface area contributed by atoms with Crippen LogP contribution in [0, 0.1) is 0 Å². The second-order valence-corrected chi connectivity index (χ2v) is 3.38. The molecule has 1 N–H and O–H groups in total. The molecule has 3 nitrogen and oxygen atoms in total. The molecule has 0 bridgehead atoms. The molecule has 0 radical (unpaired) electrons. The zero-order valence-electron chi connectivity index (χ0n) is 9.32. The fraction of sp³-hybridized carbons (Fsp3) is 0.308. The van der Waals surface area contributed by atoms with E-state index in [0.29, 0.717) is 12.2 Å². The zero-order valence-corrected chi connectivity index (χ0v) is 9.32. The lowest BCUT2D eigenvalue weighted by atomic mass is 10.2. The second-order valence-electron chi connectivity index (χ2n) is 3.38. The molecule has 1 rings (SSSR count). The van der Waals surface area contributed by atoms with Gasteiger partial charge >= 0.3 is 0 Å². The number of carbonyl (C=O) groups is 1.